The molecule has 0 aliphatic heterocycles. The lowest BCUT2D eigenvalue weighted by Gasteiger charge is -2.03. The van der Waals surface area contributed by atoms with Crippen LogP contribution in [0.1, 0.15) is 5.56 Å². The van der Waals surface area contributed by atoms with E-state index in [2.05, 4.69) is 31.0 Å². The van der Waals surface area contributed by atoms with Gasteiger partial charge in [-0.15, -0.1) is 14.8 Å². The van der Waals surface area contributed by atoms with Gasteiger partial charge in [-0.2, -0.15) is 5.10 Å². The summed E-state index contributed by atoms with van der Waals surface area (Å²) in [5, 5.41) is 22.6. The first-order chi connectivity index (χ1) is 8.81. The van der Waals surface area contributed by atoms with Crippen LogP contribution >= 0.6 is 0 Å². The molecule has 0 saturated carbocycles. The minimum absolute atomic E-state index is 0.632. The predicted molar refractivity (Wildman–Crippen MR) is 64.0 cm³/mol. The smallest absolute Gasteiger partial charge is 0.200 e. The Morgan fingerprint density at radius 2 is 2.28 bits per heavy atom. The number of anilines is 1. The van der Waals surface area contributed by atoms with E-state index in [0.717, 1.165) is 18.8 Å². The van der Waals surface area contributed by atoms with Crippen LogP contribution in [0.5, 0.6) is 0 Å². The molecule has 0 radical (unpaired) electrons. The number of rotatable bonds is 4. The lowest BCUT2D eigenvalue weighted by atomic mass is 10.2. The van der Waals surface area contributed by atoms with Crippen molar-refractivity contribution in [3.63, 3.8) is 0 Å². The molecule has 0 atom stereocenters. The van der Waals surface area contributed by atoms with Gasteiger partial charge in [-0.05, 0) is 34.5 Å². The summed E-state index contributed by atoms with van der Waals surface area (Å²) in [5.74, 6) is 0.749. The largest absolute Gasteiger partial charge is 0.368 e. The average Bonchev–Trinajstić information content (AvgIpc) is 2.97. The van der Waals surface area contributed by atoms with Crippen LogP contribution in [0.3, 0.4) is 0 Å². The van der Waals surface area contributed by atoms with Crippen molar-refractivity contribution in [2.24, 2.45) is 7.05 Å². The summed E-state index contributed by atoms with van der Waals surface area (Å²) in [6.07, 6.45) is 4.75. The summed E-state index contributed by atoms with van der Waals surface area (Å²) >= 11 is 0. The molecule has 3 rings (SSSR count). The highest BCUT2D eigenvalue weighted by atomic mass is 15.6. The molecule has 3 aromatic heterocycles. The van der Waals surface area contributed by atoms with Gasteiger partial charge in [0, 0.05) is 19.8 Å². The maximum absolute atomic E-state index is 4.22. The van der Waals surface area contributed by atoms with Gasteiger partial charge < -0.3 is 5.32 Å². The maximum Gasteiger partial charge on any atom is 0.200 e. The number of hydrogen-bond donors (Lipinski definition) is 1. The van der Waals surface area contributed by atoms with E-state index in [1.807, 2.05) is 31.6 Å². The van der Waals surface area contributed by atoms with Gasteiger partial charge in [0.25, 0.3) is 0 Å². The van der Waals surface area contributed by atoms with Crippen molar-refractivity contribution in [3.05, 3.63) is 30.1 Å². The van der Waals surface area contributed by atoms with E-state index in [9.17, 15) is 0 Å². The molecule has 8 heteroatoms. The van der Waals surface area contributed by atoms with Crippen molar-refractivity contribution in [1.29, 1.82) is 0 Å². The highest BCUT2D eigenvalue weighted by Gasteiger charge is 2.00. The van der Waals surface area contributed by atoms with Gasteiger partial charge in [-0.3, -0.25) is 4.68 Å². The van der Waals surface area contributed by atoms with Crippen LogP contribution in [0.25, 0.3) is 5.65 Å². The molecule has 0 bridgehead atoms. The zero-order valence-corrected chi connectivity index (χ0v) is 9.85. The van der Waals surface area contributed by atoms with Gasteiger partial charge in [0.15, 0.2) is 5.65 Å². The average molecular weight is 244 g/mol. The molecule has 92 valence electrons. The van der Waals surface area contributed by atoms with E-state index in [0.29, 0.717) is 5.65 Å². The Hall–Kier alpha value is -2.51. The topological polar surface area (TPSA) is 85.8 Å². The number of aromatic nitrogens is 7. The third kappa shape index (κ3) is 2.12. The molecule has 0 saturated heterocycles. The number of nitrogens with zero attached hydrogens (tertiary/aromatic N) is 7. The van der Waals surface area contributed by atoms with E-state index in [1.165, 1.54) is 10.2 Å². The summed E-state index contributed by atoms with van der Waals surface area (Å²) in [6, 6.07) is 3.67. The molecule has 0 unspecified atom stereocenters. The van der Waals surface area contributed by atoms with E-state index >= 15 is 0 Å². The second kappa shape index (κ2) is 4.40. The molecule has 1 N–H and O–H groups in total. The minimum Gasteiger partial charge on any atom is -0.368 e. The number of nitrogens with one attached hydrogen (secondary N) is 1. The van der Waals surface area contributed by atoms with Crippen molar-refractivity contribution >= 4 is 11.5 Å². The molecule has 0 aliphatic rings. The number of fused-ring (bicyclic) bond motifs is 1. The Morgan fingerprint density at radius 1 is 1.33 bits per heavy atom. The van der Waals surface area contributed by atoms with Gasteiger partial charge in [-0.25, -0.2) is 0 Å². The number of aryl methyl sites for hydroxylation is 1. The summed E-state index contributed by atoms with van der Waals surface area (Å²) in [6.45, 7) is 0.784. The van der Waals surface area contributed by atoms with Crippen molar-refractivity contribution < 1.29 is 0 Å². The molecule has 8 nitrogen and oxygen atoms in total. The number of hydrogen-bond acceptors (Lipinski definition) is 6. The molecule has 18 heavy (non-hydrogen) atoms. The Balaban J connectivity index is 1.62. The SMILES string of the molecule is Cn1cc(CCNc2ccc3nnnn3n2)cn1. The molecule has 0 spiro atoms. The van der Waals surface area contributed by atoms with Crippen LogP contribution in [0.2, 0.25) is 0 Å². The summed E-state index contributed by atoms with van der Waals surface area (Å²) in [4.78, 5) is 0. The van der Waals surface area contributed by atoms with Crippen LogP contribution in [0.15, 0.2) is 24.5 Å². The van der Waals surface area contributed by atoms with Gasteiger partial charge in [-0.1, -0.05) is 0 Å². The predicted octanol–water partition coefficient (Wildman–Crippen LogP) is -0.0926. The van der Waals surface area contributed by atoms with Gasteiger partial charge in [0.2, 0.25) is 0 Å². The minimum atomic E-state index is 0.632. The first-order valence-electron chi connectivity index (χ1n) is 5.58. The zero-order valence-electron chi connectivity index (χ0n) is 9.85. The van der Waals surface area contributed by atoms with Crippen molar-refractivity contribution in [3.8, 4) is 0 Å². The molecule has 0 fully saturated rings. The highest BCUT2D eigenvalue weighted by Crippen LogP contribution is 2.04. The third-order valence-corrected chi connectivity index (χ3v) is 2.55. The lowest BCUT2D eigenvalue weighted by Crippen LogP contribution is -2.08. The standard InChI is InChI=1S/C10H12N8/c1-17-7-8(6-12-17)4-5-11-9-2-3-10-13-15-16-18(10)14-9/h2-3,6-7H,4-5H2,1H3,(H,11,14). The fourth-order valence-electron chi connectivity index (χ4n) is 1.68. The summed E-state index contributed by atoms with van der Waals surface area (Å²) < 4.78 is 3.19. The van der Waals surface area contributed by atoms with Gasteiger partial charge in [0.1, 0.15) is 5.82 Å². The Bertz CT molecular complexity index is 655. The van der Waals surface area contributed by atoms with Gasteiger partial charge >= 0.3 is 0 Å². The third-order valence-electron chi connectivity index (χ3n) is 2.55. The molecule has 3 heterocycles. The van der Waals surface area contributed by atoms with Crippen LogP contribution in [0, 0.1) is 0 Å². The Labute approximate surface area is 103 Å². The lowest BCUT2D eigenvalue weighted by molar-refractivity contribution is 0.733. The molecular weight excluding hydrogens is 232 g/mol. The van der Waals surface area contributed by atoms with Crippen molar-refractivity contribution in [1.82, 2.24) is 35.0 Å². The monoisotopic (exact) mass is 244 g/mol. The summed E-state index contributed by atoms with van der Waals surface area (Å²) in [7, 11) is 1.91. The van der Waals surface area contributed by atoms with Gasteiger partial charge in [0.05, 0.1) is 6.20 Å². The fourth-order valence-corrected chi connectivity index (χ4v) is 1.68. The quantitative estimate of drug-likeness (QED) is 0.690. The van der Waals surface area contributed by atoms with Crippen molar-refractivity contribution in [2.75, 3.05) is 11.9 Å². The van der Waals surface area contributed by atoms with Crippen LogP contribution in [-0.4, -0.2) is 41.6 Å². The highest BCUT2D eigenvalue weighted by molar-refractivity contribution is 5.42. The van der Waals surface area contributed by atoms with E-state index in [4.69, 9.17) is 0 Å². The van der Waals surface area contributed by atoms with Crippen LogP contribution in [0.4, 0.5) is 5.82 Å². The molecular formula is C10H12N8. The molecule has 3 aromatic rings. The Kier molecular flexibility index (Phi) is 2.60. The normalized spacial score (nSPS) is 10.9. The molecule has 0 amide bonds. The van der Waals surface area contributed by atoms with E-state index in [-0.39, 0.29) is 0 Å². The first-order valence-corrected chi connectivity index (χ1v) is 5.58. The second-order valence-electron chi connectivity index (χ2n) is 3.94. The summed E-state index contributed by atoms with van der Waals surface area (Å²) in [5.41, 5.74) is 1.82. The maximum atomic E-state index is 4.22. The van der Waals surface area contributed by atoms with Crippen molar-refractivity contribution in [2.45, 2.75) is 6.42 Å². The molecule has 0 aromatic carbocycles. The van der Waals surface area contributed by atoms with Crippen LogP contribution in [-0.2, 0) is 13.5 Å². The fraction of sp³-hybridized carbons (Fsp3) is 0.300. The zero-order chi connectivity index (χ0) is 12.4. The number of tetrazole rings is 1. The van der Waals surface area contributed by atoms with E-state index < -0.39 is 0 Å². The molecule has 0 aliphatic carbocycles. The first kappa shape index (κ1) is 10.6. The Morgan fingerprint density at radius 3 is 3.11 bits per heavy atom. The van der Waals surface area contributed by atoms with Crippen LogP contribution < -0.4 is 5.32 Å². The second-order valence-corrected chi connectivity index (χ2v) is 3.94. The van der Waals surface area contributed by atoms with E-state index in [1.54, 1.807) is 4.68 Å².